The number of hydrogen-bond acceptors (Lipinski definition) is 2. The molecule has 0 bridgehead atoms. The molecule has 0 aliphatic carbocycles. The zero-order chi connectivity index (χ0) is 20.0. The van der Waals surface area contributed by atoms with Crippen molar-refractivity contribution in [1.82, 2.24) is 0 Å². The summed E-state index contributed by atoms with van der Waals surface area (Å²) in [5.41, 5.74) is 1.11. The zero-order valence-electron chi connectivity index (χ0n) is 16.8. The van der Waals surface area contributed by atoms with Gasteiger partial charge in [-0.2, -0.15) is 0 Å². The van der Waals surface area contributed by atoms with Crippen LogP contribution in [0.4, 0.5) is 0 Å². The predicted octanol–water partition coefficient (Wildman–Crippen LogP) is 5.57. The summed E-state index contributed by atoms with van der Waals surface area (Å²) in [5.74, 6) is 0. The van der Waals surface area contributed by atoms with Crippen LogP contribution in [0.25, 0.3) is 6.08 Å². The van der Waals surface area contributed by atoms with Gasteiger partial charge in [0, 0.05) is 4.90 Å². The number of hydrogen-bond donors (Lipinski definition) is 1. The largest absolute Gasteiger partial charge is 0.404 e. The summed E-state index contributed by atoms with van der Waals surface area (Å²) in [4.78, 5) is 0.976. The van der Waals surface area contributed by atoms with E-state index in [0.717, 1.165) is 10.5 Å². The molecule has 0 heterocycles. The SMILES string of the molecule is CC(C)(C)[Si](OC/C=C/c1ccccc1S)(c1ccccc1)c1ccccc1. The Hall–Kier alpha value is -2.07. The molecule has 0 aromatic heterocycles. The summed E-state index contributed by atoms with van der Waals surface area (Å²) in [7, 11) is -2.47. The van der Waals surface area contributed by atoms with Crippen LogP contribution in [0.1, 0.15) is 26.3 Å². The van der Waals surface area contributed by atoms with Crippen LogP contribution < -0.4 is 10.4 Å². The fourth-order valence-corrected chi connectivity index (χ4v) is 8.48. The van der Waals surface area contributed by atoms with Gasteiger partial charge in [-0.15, -0.1) is 12.6 Å². The van der Waals surface area contributed by atoms with Crippen molar-refractivity contribution in [2.45, 2.75) is 30.7 Å². The fourth-order valence-electron chi connectivity index (χ4n) is 3.74. The molecular weight excluding hydrogens is 376 g/mol. The topological polar surface area (TPSA) is 9.23 Å². The number of rotatable bonds is 6. The molecule has 0 radical (unpaired) electrons. The van der Waals surface area contributed by atoms with E-state index in [1.54, 1.807) is 0 Å². The van der Waals surface area contributed by atoms with Gasteiger partial charge in [0.1, 0.15) is 0 Å². The number of benzene rings is 3. The molecule has 0 atom stereocenters. The van der Waals surface area contributed by atoms with Crippen LogP contribution in [0.15, 0.2) is 95.9 Å². The molecule has 1 nitrogen and oxygen atoms in total. The van der Waals surface area contributed by atoms with Crippen molar-refractivity contribution in [2.24, 2.45) is 0 Å². The average molecular weight is 405 g/mol. The summed E-state index contributed by atoms with van der Waals surface area (Å²) < 4.78 is 6.86. The van der Waals surface area contributed by atoms with Crippen molar-refractivity contribution in [3.63, 3.8) is 0 Å². The van der Waals surface area contributed by atoms with E-state index in [4.69, 9.17) is 4.43 Å². The molecule has 0 aliphatic heterocycles. The first kappa shape index (κ1) is 20.7. The van der Waals surface area contributed by atoms with Crippen molar-refractivity contribution < 1.29 is 4.43 Å². The predicted molar refractivity (Wildman–Crippen MR) is 126 cm³/mol. The third kappa shape index (κ3) is 4.32. The van der Waals surface area contributed by atoms with Crippen molar-refractivity contribution in [3.05, 3.63) is 96.6 Å². The van der Waals surface area contributed by atoms with Gasteiger partial charge in [-0.05, 0) is 27.0 Å². The van der Waals surface area contributed by atoms with Crippen LogP contribution >= 0.6 is 12.6 Å². The molecule has 0 saturated heterocycles. The van der Waals surface area contributed by atoms with E-state index in [1.165, 1.54) is 10.4 Å². The highest BCUT2D eigenvalue weighted by molar-refractivity contribution is 7.80. The second-order valence-corrected chi connectivity index (χ2v) is 12.7. The van der Waals surface area contributed by atoms with Crippen LogP contribution in [0, 0.1) is 0 Å². The maximum absolute atomic E-state index is 6.86. The fraction of sp³-hybridized carbons (Fsp3) is 0.200. The highest BCUT2D eigenvalue weighted by Crippen LogP contribution is 2.36. The molecule has 3 aromatic carbocycles. The molecule has 0 saturated carbocycles. The Morgan fingerprint density at radius 3 is 1.79 bits per heavy atom. The lowest BCUT2D eigenvalue weighted by Gasteiger charge is -2.42. The molecule has 3 aromatic rings. The maximum Gasteiger partial charge on any atom is 0.261 e. The molecule has 0 spiro atoms. The number of thiol groups is 1. The van der Waals surface area contributed by atoms with Gasteiger partial charge in [-0.3, -0.25) is 0 Å². The van der Waals surface area contributed by atoms with Crippen molar-refractivity contribution in [1.29, 1.82) is 0 Å². The van der Waals surface area contributed by atoms with Crippen LogP contribution in [-0.2, 0) is 4.43 Å². The van der Waals surface area contributed by atoms with Crippen molar-refractivity contribution >= 4 is 37.4 Å². The van der Waals surface area contributed by atoms with E-state index in [2.05, 4.69) is 112 Å². The summed E-state index contributed by atoms with van der Waals surface area (Å²) in [5, 5.41) is 2.60. The van der Waals surface area contributed by atoms with Gasteiger partial charge in [-0.25, -0.2) is 0 Å². The van der Waals surface area contributed by atoms with E-state index in [-0.39, 0.29) is 5.04 Å². The van der Waals surface area contributed by atoms with Gasteiger partial charge in [-0.1, -0.05) is 112 Å². The maximum atomic E-state index is 6.86. The summed E-state index contributed by atoms with van der Waals surface area (Å²) >= 11 is 4.53. The first-order valence-corrected chi connectivity index (χ1v) is 12.0. The molecule has 0 N–H and O–H groups in total. The Kier molecular flexibility index (Phi) is 6.60. The molecule has 0 unspecified atom stereocenters. The second-order valence-electron chi connectivity index (χ2n) is 7.94. The van der Waals surface area contributed by atoms with Crippen LogP contribution in [0.2, 0.25) is 5.04 Å². The highest BCUT2D eigenvalue weighted by Gasteiger charge is 2.49. The molecule has 28 heavy (non-hydrogen) atoms. The standard InChI is InChI=1S/C25H28OSSi/c1-25(2,3)28(22-15-6-4-7-16-22,23-17-8-5-9-18-23)26-20-12-14-21-13-10-11-19-24(21)27/h4-19,27H,20H2,1-3H3/b14-12+. The molecule has 3 heteroatoms. The minimum Gasteiger partial charge on any atom is -0.404 e. The normalized spacial score (nSPS) is 12.4. The van der Waals surface area contributed by atoms with Crippen molar-refractivity contribution in [3.8, 4) is 0 Å². The minimum atomic E-state index is -2.47. The minimum absolute atomic E-state index is 0.00893. The Balaban J connectivity index is 1.98. The molecule has 3 rings (SSSR count). The van der Waals surface area contributed by atoms with E-state index < -0.39 is 8.32 Å². The van der Waals surface area contributed by atoms with Gasteiger partial charge in [0.25, 0.3) is 8.32 Å². The molecular formula is C25H28OSSi. The summed E-state index contributed by atoms with van der Waals surface area (Å²) in [6, 6.07) is 29.6. The van der Waals surface area contributed by atoms with E-state index >= 15 is 0 Å². The lowest BCUT2D eigenvalue weighted by Crippen LogP contribution is -2.66. The van der Waals surface area contributed by atoms with Gasteiger partial charge in [0.2, 0.25) is 0 Å². The lowest BCUT2D eigenvalue weighted by atomic mass is 10.2. The van der Waals surface area contributed by atoms with E-state index in [9.17, 15) is 0 Å². The van der Waals surface area contributed by atoms with Crippen LogP contribution in [0.3, 0.4) is 0 Å². The summed E-state index contributed by atoms with van der Waals surface area (Å²) in [6.45, 7) is 7.46. The molecule has 0 fully saturated rings. The first-order valence-electron chi connectivity index (χ1n) is 9.65. The van der Waals surface area contributed by atoms with Gasteiger partial charge in [0.05, 0.1) is 6.61 Å². The van der Waals surface area contributed by atoms with Gasteiger partial charge >= 0.3 is 0 Å². The highest BCUT2D eigenvalue weighted by atomic mass is 32.1. The Bertz CT molecular complexity index is 875. The summed E-state index contributed by atoms with van der Waals surface area (Å²) in [6.07, 6.45) is 4.20. The van der Waals surface area contributed by atoms with Gasteiger partial charge in [0.15, 0.2) is 0 Å². The second kappa shape index (κ2) is 8.95. The molecule has 0 amide bonds. The Labute approximate surface area is 175 Å². The van der Waals surface area contributed by atoms with Crippen molar-refractivity contribution in [2.75, 3.05) is 6.61 Å². The molecule has 0 aliphatic rings. The van der Waals surface area contributed by atoms with E-state index in [0.29, 0.717) is 6.61 Å². The zero-order valence-corrected chi connectivity index (χ0v) is 18.7. The quantitative estimate of drug-likeness (QED) is 0.418. The first-order chi connectivity index (χ1) is 13.4. The third-order valence-corrected chi connectivity index (χ3v) is 10.5. The third-order valence-electron chi connectivity index (χ3n) is 5.05. The lowest BCUT2D eigenvalue weighted by molar-refractivity contribution is 0.340. The van der Waals surface area contributed by atoms with E-state index in [1.807, 2.05) is 18.2 Å². The Morgan fingerprint density at radius 1 is 0.786 bits per heavy atom. The smallest absolute Gasteiger partial charge is 0.261 e. The average Bonchev–Trinajstić information content (AvgIpc) is 2.70. The monoisotopic (exact) mass is 404 g/mol. The Morgan fingerprint density at radius 2 is 1.29 bits per heavy atom. The molecule has 144 valence electrons. The van der Waals surface area contributed by atoms with Gasteiger partial charge < -0.3 is 4.43 Å². The van der Waals surface area contributed by atoms with Crippen LogP contribution in [0.5, 0.6) is 0 Å². The van der Waals surface area contributed by atoms with Crippen LogP contribution in [-0.4, -0.2) is 14.9 Å².